The molecule has 0 saturated heterocycles. The summed E-state index contributed by atoms with van der Waals surface area (Å²) in [6, 6.07) is 3.87. The predicted molar refractivity (Wildman–Crippen MR) is 72.7 cm³/mol. The Bertz CT molecular complexity index is 442. The first kappa shape index (κ1) is 12.9. The number of amides is 1. The molecule has 1 heterocycles. The topological polar surface area (TPSA) is 54.0 Å². The largest absolute Gasteiger partial charge is 0.388 e. The summed E-state index contributed by atoms with van der Waals surface area (Å²) in [5, 5.41) is 6.12. The Balaban J connectivity index is 2.07. The second kappa shape index (κ2) is 4.96. The smallest absolute Gasteiger partial charge is 0.270 e. The summed E-state index contributed by atoms with van der Waals surface area (Å²) >= 11 is 0. The van der Waals surface area contributed by atoms with Crippen LogP contribution in [0.4, 0.5) is 5.69 Å². The Morgan fingerprint density at radius 2 is 2.28 bits per heavy atom. The SMILES string of the molecule is CNc1ccnc(C(=O)NC2CCCC2(C)C)c1. The number of aromatic nitrogens is 1. The number of nitrogens with zero attached hydrogens (tertiary/aromatic N) is 1. The van der Waals surface area contributed by atoms with Crippen LogP contribution in [0.1, 0.15) is 43.6 Å². The van der Waals surface area contributed by atoms with E-state index >= 15 is 0 Å². The van der Waals surface area contributed by atoms with E-state index < -0.39 is 0 Å². The van der Waals surface area contributed by atoms with Gasteiger partial charge in [-0.15, -0.1) is 0 Å². The average Bonchev–Trinajstić information content (AvgIpc) is 2.69. The molecule has 18 heavy (non-hydrogen) atoms. The van der Waals surface area contributed by atoms with Gasteiger partial charge in [-0.05, 0) is 30.4 Å². The van der Waals surface area contributed by atoms with Crippen molar-refractivity contribution in [3.63, 3.8) is 0 Å². The van der Waals surface area contributed by atoms with Crippen molar-refractivity contribution in [1.82, 2.24) is 10.3 Å². The Hall–Kier alpha value is -1.58. The van der Waals surface area contributed by atoms with Crippen molar-refractivity contribution in [3.8, 4) is 0 Å². The fourth-order valence-electron chi connectivity index (χ4n) is 2.54. The first-order chi connectivity index (χ1) is 8.53. The lowest BCUT2D eigenvalue weighted by Gasteiger charge is -2.27. The molecule has 2 N–H and O–H groups in total. The van der Waals surface area contributed by atoms with Crippen molar-refractivity contribution >= 4 is 11.6 Å². The molecule has 1 fully saturated rings. The highest BCUT2D eigenvalue weighted by Crippen LogP contribution is 2.37. The number of carbonyl (C=O) groups is 1. The van der Waals surface area contributed by atoms with E-state index in [1.807, 2.05) is 13.1 Å². The molecule has 0 aromatic carbocycles. The minimum absolute atomic E-state index is 0.0768. The lowest BCUT2D eigenvalue weighted by Crippen LogP contribution is -2.41. The molecule has 1 atom stereocenters. The summed E-state index contributed by atoms with van der Waals surface area (Å²) < 4.78 is 0. The Kier molecular flexibility index (Phi) is 3.55. The molecule has 1 aliphatic carbocycles. The third kappa shape index (κ3) is 2.63. The maximum Gasteiger partial charge on any atom is 0.270 e. The normalized spacial score (nSPS) is 21.6. The fraction of sp³-hybridized carbons (Fsp3) is 0.571. The summed E-state index contributed by atoms with van der Waals surface area (Å²) in [7, 11) is 1.83. The van der Waals surface area contributed by atoms with Gasteiger partial charge in [-0.25, -0.2) is 0 Å². The van der Waals surface area contributed by atoms with Crippen LogP contribution in [0.3, 0.4) is 0 Å². The van der Waals surface area contributed by atoms with Crippen molar-refractivity contribution in [2.24, 2.45) is 5.41 Å². The highest BCUT2D eigenvalue weighted by molar-refractivity contribution is 5.93. The fourth-order valence-corrected chi connectivity index (χ4v) is 2.54. The Morgan fingerprint density at radius 3 is 2.89 bits per heavy atom. The van der Waals surface area contributed by atoms with Gasteiger partial charge in [0.05, 0.1) is 0 Å². The van der Waals surface area contributed by atoms with Crippen molar-refractivity contribution in [1.29, 1.82) is 0 Å². The van der Waals surface area contributed by atoms with E-state index in [4.69, 9.17) is 0 Å². The van der Waals surface area contributed by atoms with Gasteiger partial charge in [0.25, 0.3) is 5.91 Å². The zero-order valence-corrected chi connectivity index (χ0v) is 11.3. The number of hydrogen-bond donors (Lipinski definition) is 2. The lowest BCUT2D eigenvalue weighted by molar-refractivity contribution is 0.0905. The van der Waals surface area contributed by atoms with Crippen LogP contribution in [0.15, 0.2) is 18.3 Å². The molecule has 1 aromatic heterocycles. The van der Waals surface area contributed by atoms with Gasteiger partial charge in [-0.3, -0.25) is 9.78 Å². The molecule has 98 valence electrons. The lowest BCUT2D eigenvalue weighted by atomic mass is 9.87. The molecule has 4 nitrogen and oxygen atoms in total. The number of rotatable bonds is 3. The molecule has 1 amide bonds. The van der Waals surface area contributed by atoms with Gasteiger partial charge in [-0.1, -0.05) is 20.3 Å². The second-order valence-corrected chi connectivity index (χ2v) is 5.59. The van der Waals surface area contributed by atoms with E-state index in [0.717, 1.165) is 12.1 Å². The molecule has 1 unspecified atom stereocenters. The van der Waals surface area contributed by atoms with E-state index in [-0.39, 0.29) is 17.4 Å². The van der Waals surface area contributed by atoms with Gasteiger partial charge >= 0.3 is 0 Å². The van der Waals surface area contributed by atoms with Crippen LogP contribution in [0.2, 0.25) is 0 Å². The van der Waals surface area contributed by atoms with Crippen LogP contribution in [-0.4, -0.2) is 24.0 Å². The minimum atomic E-state index is -0.0768. The van der Waals surface area contributed by atoms with Crippen LogP contribution in [0, 0.1) is 5.41 Å². The zero-order chi connectivity index (χ0) is 13.2. The second-order valence-electron chi connectivity index (χ2n) is 5.59. The molecule has 0 aliphatic heterocycles. The number of hydrogen-bond acceptors (Lipinski definition) is 3. The Labute approximate surface area is 108 Å². The Morgan fingerprint density at radius 1 is 1.50 bits per heavy atom. The summed E-state index contributed by atoms with van der Waals surface area (Å²) in [5.74, 6) is -0.0768. The molecule has 1 aliphatic rings. The third-order valence-electron chi connectivity index (χ3n) is 3.84. The average molecular weight is 247 g/mol. The maximum absolute atomic E-state index is 12.2. The first-order valence-electron chi connectivity index (χ1n) is 6.47. The molecule has 0 spiro atoms. The monoisotopic (exact) mass is 247 g/mol. The van der Waals surface area contributed by atoms with Crippen molar-refractivity contribution in [3.05, 3.63) is 24.0 Å². The van der Waals surface area contributed by atoms with Gasteiger partial charge in [0.1, 0.15) is 5.69 Å². The number of pyridine rings is 1. The summed E-state index contributed by atoms with van der Waals surface area (Å²) in [6.07, 6.45) is 5.06. The van der Waals surface area contributed by atoms with Crippen molar-refractivity contribution in [2.45, 2.75) is 39.2 Å². The molecule has 1 aromatic rings. The van der Waals surface area contributed by atoms with Gasteiger partial charge in [0.15, 0.2) is 0 Å². The molecular weight excluding hydrogens is 226 g/mol. The van der Waals surface area contributed by atoms with E-state index in [1.54, 1.807) is 12.3 Å². The van der Waals surface area contributed by atoms with Crippen LogP contribution in [-0.2, 0) is 0 Å². The van der Waals surface area contributed by atoms with Crippen LogP contribution < -0.4 is 10.6 Å². The summed E-state index contributed by atoms with van der Waals surface area (Å²) in [6.45, 7) is 4.42. The van der Waals surface area contributed by atoms with E-state index in [2.05, 4.69) is 29.5 Å². The van der Waals surface area contributed by atoms with Crippen LogP contribution in [0.25, 0.3) is 0 Å². The quantitative estimate of drug-likeness (QED) is 0.862. The zero-order valence-electron chi connectivity index (χ0n) is 11.3. The highest BCUT2D eigenvalue weighted by atomic mass is 16.1. The highest BCUT2D eigenvalue weighted by Gasteiger charge is 2.35. The molecule has 0 radical (unpaired) electrons. The van der Waals surface area contributed by atoms with Gasteiger partial charge < -0.3 is 10.6 Å². The number of nitrogens with one attached hydrogen (secondary N) is 2. The van der Waals surface area contributed by atoms with Crippen molar-refractivity contribution in [2.75, 3.05) is 12.4 Å². The molecule has 0 bridgehead atoms. The summed E-state index contributed by atoms with van der Waals surface area (Å²) in [5.41, 5.74) is 1.57. The molecule has 1 saturated carbocycles. The van der Waals surface area contributed by atoms with Gasteiger partial charge in [-0.2, -0.15) is 0 Å². The molecular formula is C14H21N3O. The molecule has 4 heteroatoms. The third-order valence-corrected chi connectivity index (χ3v) is 3.84. The summed E-state index contributed by atoms with van der Waals surface area (Å²) in [4.78, 5) is 16.3. The standard InChI is InChI=1S/C14H21N3O/c1-14(2)7-4-5-12(14)17-13(18)11-9-10(15-3)6-8-16-11/h6,8-9,12H,4-5,7H2,1-3H3,(H,15,16)(H,17,18). The van der Waals surface area contributed by atoms with Crippen LogP contribution in [0.5, 0.6) is 0 Å². The number of carbonyl (C=O) groups excluding carboxylic acids is 1. The van der Waals surface area contributed by atoms with Gasteiger partial charge in [0, 0.05) is 25.0 Å². The first-order valence-corrected chi connectivity index (χ1v) is 6.47. The molecule has 2 rings (SSSR count). The van der Waals surface area contributed by atoms with Crippen LogP contribution >= 0.6 is 0 Å². The van der Waals surface area contributed by atoms with Gasteiger partial charge in [0.2, 0.25) is 0 Å². The predicted octanol–water partition coefficient (Wildman–Crippen LogP) is 2.43. The van der Waals surface area contributed by atoms with E-state index in [1.165, 1.54) is 12.8 Å². The maximum atomic E-state index is 12.2. The van der Waals surface area contributed by atoms with Crippen molar-refractivity contribution < 1.29 is 4.79 Å². The van der Waals surface area contributed by atoms with E-state index in [9.17, 15) is 4.79 Å². The van der Waals surface area contributed by atoms with E-state index in [0.29, 0.717) is 5.69 Å². The number of anilines is 1. The minimum Gasteiger partial charge on any atom is -0.388 e.